The van der Waals surface area contributed by atoms with E-state index in [4.69, 9.17) is 0 Å². The van der Waals surface area contributed by atoms with Gasteiger partial charge < -0.3 is 4.74 Å². The van der Waals surface area contributed by atoms with E-state index >= 15 is 0 Å². The lowest BCUT2D eigenvalue weighted by Crippen LogP contribution is -2.30. The molecule has 136 valence electrons. The molecule has 1 heterocycles. The molecule has 1 N–H and O–H groups in total. The first kappa shape index (κ1) is 19.4. The largest absolute Gasteiger partial charge is 0.469 e. The fourth-order valence-electron chi connectivity index (χ4n) is 2.03. The first-order valence-electron chi connectivity index (χ1n) is 6.93. The molecule has 2 rings (SSSR count). The molecule has 5 nitrogen and oxygen atoms in total. The Morgan fingerprint density at radius 2 is 2.00 bits per heavy atom. The van der Waals surface area contributed by atoms with Crippen LogP contribution in [0.15, 0.2) is 46.7 Å². The summed E-state index contributed by atoms with van der Waals surface area (Å²) < 4.78 is 70.1. The second-order valence-corrected chi connectivity index (χ2v) is 7.69. The van der Waals surface area contributed by atoms with Crippen molar-refractivity contribution in [2.75, 3.05) is 7.11 Å². The molecule has 1 aromatic heterocycles. The minimum atomic E-state index is -4.66. The van der Waals surface area contributed by atoms with Crippen LogP contribution in [0, 0.1) is 0 Å². The fraction of sp³-hybridized carbons (Fsp3) is 0.267. The molecule has 0 spiro atoms. The molecule has 2 aromatic rings. The number of carbonyl (C=O) groups is 1. The van der Waals surface area contributed by atoms with Gasteiger partial charge in [0.05, 0.1) is 30.0 Å². The Bertz CT molecular complexity index is 833. The van der Waals surface area contributed by atoms with Crippen LogP contribution < -0.4 is 4.72 Å². The van der Waals surface area contributed by atoms with E-state index in [1.165, 1.54) is 11.3 Å². The zero-order chi connectivity index (χ0) is 18.7. The fourth-order valence-corrected chi connectivity index (χ4v) is 4.15. The van der Waals surface area contributed by atoms with E-state index in [1.807, 2.05) is 0 Å². The zero-order valence-corrected chi connectivity index (χ0v) is 14.5. The molecule has 1 aromatic carbocycles. The monoisotopic (exact) mass is 393 g/mol. The van der Waals surface area contributed by atoms with Crippen molar-refractivity contribution >= 4 is 27.3 Å². The normalized spacial score (nSPS) is 13.4. The van der Waals surface area contributed by atoms with Crippen molar-refractivity contribution in [3.05, 3.63) is 52.2 Å². The van der Waals surface area contributed by atoms with Gasteiger partial charge in [-0.25, -0.2) is 13.1 Å². The standard InChI is InChI=1S/C15H14F3NO4S2/c1-23-14(20)9-12(13-6-3-7-24-13)19-25(21,22)11-5-2-4-10(8-11)15(16,17)18/h2-8,12,19H,9H2,1H3/t12-/m0/s1. The summed E-state index contributed by atoms with van der Waals surface area (Å²) in [6.07, 6.45) is -4.94. The highest BCUT2D eigenvalue weighted by atomic mass is 32.2. The van der Waals surface area contributed by atoms with E-state index in [0.717, 1.165) is 25.3 Å². The average molecular weight is 393 g/mol. The number of hydrogen-bond donors (Lipinski definition) is 1. The van der Waals surface area contributed by atoms with Crippen LogP contribution in [0.25, 0.3) is 0 Å². The van der Waals surface area contributed by atoms with E-state index < -0.39 is 38.7 Å². The van der Waals surface area contributed by atoms with Crippen LogP contribution in [0.2, 0.25) is 0 Å². The van der Waals surface area contributed by atoms with Gasteiger partial charge in [-0.3, -0.25) is 4.79 Å². The maximum Gasteiger partial charge on any atom is 0.416 e. The van der Waals surface area contributed by atoms with Crippen molar-refractivity contribution in [3.8, 4) is 0 Å². The number of rotatable bonds is 6. The second-order valence-electron chi connectivity index (χ2n) is 5.00. The molecule has 0 aliphatic heterocycles. The molecule has 1 atom stereocenters. The van der Waals surface area contributed by atoms with E-state index in [9.17, 15) is 26.4 Å². The van der Waals surface area contributed by atoms with Crippen molar-refractivity contribution in [3.63, 3.8) is 0 Å². The molecule has 10 heteroatoms. The lowest BCUT2D eigenvalue weighted by atomic mass is 10.2. The summed E-state index contributed by atoms with van der Waals surface area (Å²) in [5.74, 6) is -0.648. The van der Waals surface area contributed by atoms with Gasteiger partial charge in [-0.2, -0.15) is 13.2 Å². The Hall–Kier alpha value is -1.91. The summed E-state index contributed by atoms with van der Waals surface area (Å²) in [5, 5.41) is 1.69. The third-order valence-corrected chi connectivity index (χ3v) is 5.71. The zero-order valence-electron chi connectivity index (χ0n) is 12.9. The quantitative estimate of drug-likeness (QED) is 0.764. The van der Waals surface area contributed by atoms with E-state index in [1.54, 1.807) is 17.5 Å². The number of carbonyl (C=O) groups excluding carboxylic acids is 1. The van der Waals surface area contributed by atoms with Gasteiger partial charge >= 0.3 is 12.1 Å². The van der Waals surface area contributed by atoms with E-state index in [0.29, 0.717) is 10.9 Å². The smallest absolute Gasteiger partial charge is 0.416 e. The molecule has 0 bridgehead atoms. The molecule has 0 aliphatic rings. The molecular formula is C15H14F3NO4S2. The SMILES string of the molecule is COC(=O)C[C@H](NS(=O)(=O)c1cccc(C(F)(F)F)c1)c1cccs1. The van der Waals surface area contributed by atoms with Gasteiger partial charge in [0, 0.05) is 4.88 Å². The van der Waals surface area contributed by atoms with Crippen LogP contribution in [-0.2, 0) is 25.7 Å². The van der Waals surface area contributed by atoms with Crippen molar-refractivity contribution in [1.29, 1.82) is 0 Å². The van der Waals surface area contributed by atoms with Gasteiger partial charge in [-0.15, -0.1) is 11.3 Å². The summed E-state index contributed by atoms with van der Waals surface area (Å²) >= 11 is 1.21. The number of methoxy groups -OCH3 is 1. The Morgan fingerprint density at radius 1 is 1.28 bits per heavy atom. The van der Waals surface area contributed by atoms with Gasteiger partial charge in [0.2, 0.25) is 10.0 Å². The van der Waals surface area contributed by atoms with Crippen molar-refractivity contribution in [2.45, 2.75) is 23.5 Å². The molecule has 0 unspecified atom stereocenters. The Balaban J connectivity index is 2.33. The van der Waals surface area contributed by atoms with Crippen molar-refractivity contribution in [2.24, 2.45) is 0 Å². The number of ether oxygens (including phenoxy) is 1. The minimum absolute atomic E-state index is 0.283. The first-order chi connectivity index (χ1) is 11.6. The number of esters is 1. The van der Waals surface area contributed by atoms with Crippen LogP contribution in [0.5, 0.6) is 0 Å². The van der Waals surface area contributed by atoms with Gasteiger partial charge in [0.1, 0.15) is 0 Å². The van der Waals surface area contributed by atoms with E-state index in [2.05, 4.69) is 9.46 Å². The number of hydrogen-bond acceptors (Lipinski definition) is 5. The lowest BCUT2D eigenvalue weighted by Gasteiger charge is -2.17. The van der Waals surface area contributed by atoms with Crippen LogP contribution in [0.1, 0.15) is 22.9 Å². The Morgan fingerprint density at radius 3 is 2.56 bits per heavy atom. The molecule has 0 saturated heterocycles. The number of thiophene rings is 1. The Labute approximate surface area is 146 Å². The number of benzene rings is 1. The molecule has 0 amide bonds. The summed E-state index contributed by atoms with van der Waals surface area (Å²) in [4.78, 5) is 11.5. The topological polar surface area (TPSA) is 72.5 Å². The molecule has 0 fully saturated rings. The van der Waals surface area contributed by atoms with Crippen LogP contribution in [0.3, 0.4) is 0 Å². The van der Waals surface area contributed by atoms with Gasteiger partial charge in [0.15, 0.2) is 0 Å². The highest BCUT2D eigenvalue weighted by molar-refractivity contribution is 7.89. The third kappa shape index (κ3) is 5.03. The predicted molar refractivity (Wildman–Crippen MR) is 85.5 cm³/mol. The highest BCUT2D eigenvalue weighted by Gasteiger charge is 2.32. The number of sulfonamides is 1. The van der Waals surface area contributed by atoms with Crippen LogP contribution >= 0.6 is 11.3 Å². The van der Waals surface area contributed by atoms with Gasteiger partial charge in [-0.1, -0.05) is 12.1 Å². The lowest BCUT2D eigenvalue weighted by molar-refractivity contribution is -0.141. The summed E-state index contributed by atoms with van der Waals surface area (Å²) in [5.41, 5.74) is -1.07. The average Bonchev–Trinajstić information content (AvgIpc) is 3.07. The van der Waals surface area contributed by atoms with Gasteiger partial charge in [0.25, 0.3) is 0 Å². The highest BCUT2D eigenvalue weighted by Crippen LogP contribution is 2.31. The number of nitrogens with one attached hydrogen (secondary N) is 1. The predicted octanol–water partition coefficient (Wildman–Crippen LogP) is 3.35. The first-order valence-corrected chi connectivity index (χ1v) is 9.29. The second kappa shape index (κ2) is 7.54. The summed E-state index contributed by atoms with van der Waals surface area (Å²) in [7, 11) is -3.11. The molecule has 0 aliphatic carbocycles. The van der Waals surface area contributed by atoms with Gasteiger partial charge in [-0.05, 0) is 29.6 Å². The maximum atomic E-state index is 12.8. The molecule has 25 heavy (non-hydrogen) atoms. The minimum Gasteiger partial charge on any atom is -0.469 e. The van der Waals surface area contributed by atoms with Crippen molar-refractivity contribution < 1.29 is 31.1 Å². The number of halogens is 3. The van der Waals surface area contributed by atoms with Crippen LogP contribution in [-0.4, -0.2) is 21.5 Å². The molecule has 0 radical (unpaired) electrons. The molecule has 0 saturated carbocycles. The van der Waals surface area contributed by atoms with Crippen molar-refractivity contribution in [1.82, 2.24) is 4.72 Å². The molecular weight excluding hydrogens is 379 g/mol. The maximum absolute atomic E-state index is 12.8. The Kier molecular flexibility index (Phi) is 5.86. The number of alkyl halides is 3. The third-order valence-electron chi connectivity index (χ3n) is 3.25. The summed E-state index contributed by atoms with van der Waals surface area (Å²) in [6.45, 7) is 0. The summed E-state index contributed by atoms with van der Waals surface area (Å²) in [6, 6.07) is 5.75. The van der Waals surface area contributed by atoms with Crippen LogP contribution in [0.4, 0.5) is 13.2 Å². The van der Waals surface area contributed by atoms with E-state index in [-0.39, 0.29) is 6.42 Å².